The van der Waals surface area contributed by atoms with Gasteiger partial charge >= 0.3 is 0 Å². The number of benzene rings is 2. The molecule has 4 rings (SSSR count). The first-order valence-electron chi connectivity index (χ1n) is 12.4. The second kappa shape index (κ2) is 10.9. The third-order valence-electron chi connectivity index (χ3n) is 6.88. The molecule has 178 valence electrons. The van der Waals surface area contributed by atoms with Crippen molar-refractivity contribution < 1.29 is 18.5 Å². The average molecular weight is 489 g/mol. The predicted molar refractivity (Wildman–Crippen MR) is 140 cm³/mol. The van der Waals surface area contributed by atoms with Crippen molar-refractivity contribution in [3.8, 4) is 11.5 Å². The molecule has 0 amide bonds. The normalized spacial score (nSPS) is 25.8. The van der Waals surface area contributed by atoms with Gasteiger partial charge in [-0.2, -0.15) is 0 Å². The molecule has 1 aliphatic carbocycles. The van der Waals surface area contributed by atoms with Crippen LogP contribution in [0.4, 0.5) is 0 Å². The minimum atomic E-state index is -0.581. The summed E-state index contributed by atoms with van der Waals surface area (Å²) >= 11 is 0. The van der Waals surface area contributed by atoms with Crippen molar-refractivity contribution in [3.05, 3.63) is 71.8 Å². The largest absolute Gasteiger partial charge is 0.489 e. The minimum absolute atomic E-state index is 0.0437. The van der Waals surface area contributed by atoms with Crippen molar-refractivity contribution in [3.63, 3.8) is 0 Å². The van der Waals surface area contributed by atoms with Crippen molar-refractivity contribution in [1.29, 1.82) is 1.28 Å². The van der Waals surface area contributed by atoms with E-state index in [2.05, 4.69) is 46.7 Å². The number of hydrogen-bond acceptors (Lipinski definition) is 4. The summed E-state index contributed by atoms with van der Waals surface area (Å²) in [6.07, 6.45) is 8.21. The highest BCUT2D eigenvalue weighted by molar-refractivity contribution is 7.10. The monoisotopic (exact) mass is 488 g/mol. The van der Waals surface area contributed by atoms with Gasteiger partial charge < -0.3 is 18.5 Å². The zero-order valence-corrected chi connectivity index (χ0v) is 21.9. The summed E-state index contributed by atoms with van der Waals surface area (Å²) in [6, 6.07) is 16.4. The van der Waals surface area contributed by atoms with Crippen LogP contribution in [-0.4, -0.2) is 25.2 Å². The molecule has 7 atom stereocenters. The third-order valence-corrected chi connectivity index (χ3v) is 7.48. The Labute approximate surface area is 204 Å². The Morgan fingerprint density at radius 2 is 2.03 bits per heavy atom. The van der Waals surface area contributed by atoms with E-state index in [0.29, 0.717) is 0 Å². The molecule has 1 heterocycles. The lowest BCUT2D eigenvalue weighted by molar-refractivity contribution is 0.0203. The summed E-state index contributed by atoms with van der Waals surface area (Å²) in [5.74, 6) is 2.21. The van der Waals surface area contributed by atoms with E-state index in [1.54, 1.807) is 0 Å². The standard InChI is InChI=1S/C27H36O4P2/c1-4-5-10-18-11-9-14-21-25-20(22(30-32)17-23(25)28-26(18)21)15-16-24(31-33)27(2,3)29-19-12-7-6-8-13-19/h6-9,11-16,20,22-25H,4-5,10,17,32-33H2,1-3H3/b16-15+/t20-,22+,23-,24+,25-/m0/s1/i32T/t20-,22+,23-,24+,25-,32?. The smallest absolute Gasteiger partial charge is 0.133 e. The molecule has 1 aliphatic heterocycles. The summed E-state index contributed by atoms with van der Waals surface area (Å²) in [4.78, 5) is 0. The number of rotatable bonds is 11. The summed E-state index contributed by atoms with van der Waals surface area (Å²) in [7, 11) is 2.09. The fraction of sp³-hybridized carbons (Fsp3) is 0.481. The molecule has 0 bridgehead atoms. The van der Waals surface area contributed by atoms with Gasteiger partial charge in [0, 0.05) is 42.7 Å². The van der Waals surface area contributed by atoms with Crippen LogP contribution in [0.25, 0.3) is 0 Å². The highest BCUT2D eigenvalue weighted by Crippen LogP contribution is 2.53. The summed E-state index contributed by atoms with van der Waals surface area (Å²) in [5.41, 5.74) is 2.00. The van der Waals surface area contributed by atoms with Crippen molar-refractivity contribution >= 4 is 18.9 Å². The average Bonchev–Trinajstić information content (AvgIpc) is 3.35. The molecule has 1 saturated carbocycles. The maximum absolute atomic E-state index is 7.69. The number of unbranched alkanes of at least 4 members (excludes halogenated alkanes) is 1. The molecule has 2 aliphatic rings. The number of ether oxygens (including phenoxy) is 2. The minimum Gasteiger partial charge on any atom is -0.489 e. The van der Waals surface area contributed by atoms with Crippen LogP contribution in [0, 0.1) is 5.92 Å². The molecule has 0 N–H and O–H groups in total. The fourth-order valence-electron chi connectivity index (χ4n) is 5.16. The van der Waals surface area contributed by atoms with Gasteiger partial charge in [-0.05, 0) is 44.4 Å². The number of hydrogen-bond donors (Lipinski definition) is 0. The molecule has 2 aromatic rings. The molecule has 33 heavy (non-hydrogen) atoms. The van der Waals surface area contributed by atoms with Crippen molar-refractivity contribution in [2.75, 3.05) is 0 Å². The molecule has 0 saturated heterocycles. The van der Waals surface area contributed by atoms with E-state index in [9.17, 15) is 0 Å². The van der Waals surface area contributed by atoms with Gasteiger partial charge in [0.1, 0.15) is 29.3 Å². The molecular weight excluding hydrogens is 450 g/mol. The first kappa shape index (κ1) is 23.3. The van der Waals surface area contributed by atoms with Crippen LogP contribution < -0.4 is 9.47 Å². The maximum atomic E-state index is 7.69. The Morgan fingerprint density at radius 3 is 2.76 bits per heavy atom. The Kier molecular flexibility index (Phi) is 7.68. The van der Waals surface area contributed by atoms with Crippen LogP contribution in [0.5, 0.6) is 11.5 Å². The summed E-state index contributed by atoms with van der Waals surface area (Å²) in [5, 5.41) is 0. The summed E-state index contributed by atoms with van der Waals surface area (Å²) in [6.45, 7) is 6.28. The molecule has 0 spiro atoms. The number of aryl methyl sites for hydroxylation is 1. The van der Waals surface area contributed by atoms with Crippen LogP contribution in [0.15, 0.2) is 60.7 Å². The Morgan fingerprint density at radius 1 is 1.21 bits per heavy atom. The van der Waals surface area contributed by atoms with E-state index in [-0.39, 0.29) is 39.6 Å². The zero-order valence-electron chi connectivity index (χ0n) is 20.7. The van der Waals surface area contributed by atoms with E-state index in [0.717, 1.165) is 30.8 Å². The lowest BCUT2D eigenvalue weighted by Gasteiger charge is -2.32. The van der Waals surface area contributed by atoms with Crippen molar-refractivity contribution in [2.45, 2.75) is 76.3 Å². The molecule has 1 fully saturated rings. The Balaban J connectivity index is 1.58. The maximum Gasteiger partial charge on any atom is 0.133 e. The van der Waals surface area contributed by atoms with Crippen LogP contribution in [0.2, 0.25) is 0 Å². The quantitative estimate of drug-likeness (QED) is 0.262. The van der Waals surface area contributed by atoms with Crippen molar-refractivity contribution in [2.24, 2.45) is 5.92 Å². The molecule has 2 aromatic carbocycles. The van der Waals surface area contributed by atoms with Crippen LogP contribution in [0.3, 0.4) is 0 Å². The highest BCUT2D eigenvalue weighted by atomic mass is 31.0. The van der Waals surface area contributed by atoms with Gasteiger partial charge in [-0.3, -0.25) is 0 Å². The van der Waals surface area contributed by atoms with E-state index in [4.69, 9.17) is 19.8 Å². The number of para-hydroxylation sites is 2. The second-order valence-electron chi connectivity index (χ2n) is 9.55. The SMILES string of the molecule is [3H]PO[C@@H]1C[C@@H]2Oc3c(CCCC)cccc3[C@@H]2[C@H]1/C=C/[C@@H](OP)C(C)(C)Oc1ccccc1. The summed E-state index contributed by atoms with van der Waals surface area (Å²) < 4.78 is 32.1. The highest BCUT2D eigenvalue weighted by Gasteiger charge is 2.50. The van der Waals surface area contributed by atoms with Crippen LogP contribution >= 0.6 is 18.9 Å². The second-order valence-corrected chi connectivity index (χ2v) is 10.1. The van der Waals surface area contributed by atoms with Crippen LogP contribution in [-0.2, 0) is 15.5 Å². The van der Waals surface area contributed by atoms with Crippen LogP contribution in [0.1, 0.15) is 57.1 Å². The molecule has 0 aromatic heterocycles. The zero-order chi connectivity index (χ0) is 24.1. The molecular formula is C27H36O4P2. The van der Waals surface area contributed by atoms with Gasteiger partial charge in [-0.1, -0.05) is 61.9 Å². The van der Waals surface area contributed by atoms with Gasteiger partial charge in [0.15, 0.2) is 0 Å². The fourth-order valence-corrected chi connectivity index (χ4v) is 5.83. The van der Waals surface area contributed by atoms with E-state index < -0.39 is 5.60 Å². The van der Waals surface area contributed by atoms with E-state index >= 15 is 0 Å². The predicted octanol–water partition coefficient (Wildman–Crippen LogP) is 6.66. The van der Waals surface area contributed by atoms with Gasteiger partial charge in [0.2, 0.25) is 0 Å². The number of fused-ring (bicyclic) bond motifs is 3. The topological polar surface area (TPSA) is 36.9 Å². The van der Waals surface area contributed by atoms with E-state index in [1.807, 2.05) is 44.2 Å². The van der Waals surface area contributed by atoms with Gasteiger partial charge in [0.25, 0.3) is 0 Å². The molecule has 4 nitrogen and oxygen atoms in total. The molecule has 0 radical (unpaired) electrons. The Hall–Kier alpha value is -1.44. The Bertz CT molecular complexity index is 968. The first-order valence-corrected chi connectivity index (χ1v) is 12.7. The lowest BCUT2D eigenvalue weighted by atomic mass is 9.86. The first-order chi connectivity index (χ1) is 16.5. The van der Waals surface area contributed by atoms with E-state index in [1.165, 1.54) is 17.5 Å². The van der Waals surface area contributed by atoms with Gasteiger partial charge in [0.05, 0.1) is 7.38 Å². The van der Waals surface area contributed by atoms with Gasteiger partial charge in [-0.15, -0.1) is 0 Å². The van der Waals surface area contributed by atoms with Gasteiger partial charge in [-0.25, -0.2) is 0 Å². The van der Waals surface area contributed by atoms with Crippen molar-refractivity contribution in [1.82, 2.24) is 0 Å². The molecule has 2 unspecified atom stereocenters. The molecule has 6 heteroatoms. The third kappa shape index (κ3) is 5.30. The lowest BCUT2D eigenvalue weighted by Crippen LogP contribution is -2.41.